The van der Waals surface area contributed by atoms with Crippen LogP contribution in [0.2, 0.25) is 0 Å². The molecular formula is C13H19N3O2. The van der Waals surface area contributed by atoms with Gasteiger partial charge in [0.15, 0.2) is 0 Å². The molecule has 2 rings (SSSR count). The van der Waals surface area contributed by atoms with Crippen molar-refractivity contribution >= 4 is 11.6 Å². The molecule has 98 valence electrons. The van der Waals surface area contributed by atoms with Gasteiger partial charge >= 0.3 is 0 Å². The van der Waals surface area contributed by atoms with Crippen molar-refractivity contribution in [1.29, 1.82) is 0 Å². The van der Waals surface area contributed by atoms with Gasteiger partial charge in [0.1, 0.15) is 0 Å². The lowest BCUT2D eigenvalue weighted by atomic mass is 10.2. The maximum atomic E-state index is 12.1. The van der Waals surface area contributed by atoms with Crippen molar-refractivity contribution < 1.29 is 9.53 Å². The number of pyridine rings is 1. The first kappa shape index (κ1) is 13.0. The summed E-state index contributed by atoms with van der Waals surface area (Å²) < 4.78 is 5.23. The summed E-state index contributed by atoms with van der Waals surface area (Å²) >= 11 is 0. The molecule has 1 fully saturated rings. The first-order chi connectivity index (χ1) is 8.60. The normalized spacial score (nSPS) is 23.1. The van der Waals surface area contributed by atoms with Gasteiger partial charge in [-0.3, -0.25) is 9.78 Å². The molecule has 0 spiro atoms. The Morgan fingerprint density at radius 2 is 2.28 bits per heavy atom. The average molecular weight is 249 g/mol. The maximum absolute atomic E-state index is 12.1. The zero-order valence-corrected chi connectivity index (χ0v) is 11.0. The minimum Gasteiger partial charge on any atom is -0.380 e. The van der Waals surface area contributed by atoms with Gasteiger partial charge in [0.05, 0.1) is 23.5 Å². The molecule has 2 heterocycles. The lowest BCUT2D eigenvalue weighted by Crippen LogP contribution is -2.35. The number of carbonyl (C=O) groups excluding carboxylic acids is 1. The van der Waals surface area contributed by atoms with Crippen LogP contribution in [0.1, 0.15) is 17.8 Å². The molecule has 0 radical (unpaired) electrons. The van der Waals surface area contributed by atoms with Gasteiger partial charge in [0, 0.05) is 19.3 Å². The number of aryl methyl sites for hydroxylation is 2. The number of carbonyl (C=O) groups is 1. The highest BCUT2D eigenvalue weighted by atomic mass is 16.5. The van der Waals surface area contributed by atoms with E-state index < -0.39 is 0 Å². The average Bonchev–Trinajstić information content (AvgIpc) is 2.81. The monoisotopic (exact) mass is 249 g/mol. The van der Waals surface area contributed by atoms with Crippen LogP contribution in [-0.4, -0.2) is 36.7 Å². The highest BCUT2D eigenvalue weighted by Gasteiger charge is 2.29. The van der Waals surface area contributed by atoms with Crippen molar-refractivity contribution in [1.82, 2.24) is 10.3 Å². The Balaban J connectivity index is 1.99. The minimum absolute atomic E-state index is 0.0247. The van der Waals surface area contributed by atoms with Gasteiger partial charge in [-0.2, -0.15) is 0 Å². The summed E-state index contributed by atoms with van der Waals surface area (Å²) in [5, 5.41) is 6.06. The second kappa shape index (κ2) is 5.46. The van der Waals surface area contributed by atoms with Gasteiger partial charge in [-0.15, -0.1) is 0 Å². The largest absolute Gasteiger partial charge is 0.380 e. The molecule has 1 amide bonds. The number of nitrogens with zero attached hydrogens (tertiary/aromatic N) is 1. The molecule has 1 aromatic heterocycles. The molecule has 0 aromatic carbocycles. The number of amides is 1. The van der Waals surface area contributed by atoms with Crippen molar-refractivity contribution in [3.8, 4) is 0 Å². The van der Waals surface area contributed by atoms with Crippen LogP contribution in [0.3, 0.4) is 0 Å². The summed E-state index contributed by atoms with van der Waals surface area (Å²) in [5.74, 6) is -0.0247. The third kappa shape index (κ3) is 2.86. The maximum Gasteiger partial charge on any atom is 0.241 e. The van der Waals surface area contributed by atoms with Crippen LogP contribution in [0.4, 0.5) is 5.69 Å². The summed E-state index contributed by atoms with van der Waals surface area (Å²) in [6.45, 7) is 4.54. The van der Waals surface area contributed by atoms with Gasteiger partial charge in [0.2, 0.25) is 5.91 Å². The van der Waals surface area contributed by atoms with Gasteiger partial charge in [-0.25, -0.2) is 0 Å². The number of methoxy groups -OCH3 is 1. The highest BCUT2D eigenvalue weighted by molar-refractivity contribution is 5.95. The van der Waals surface area contributed by atoms with Crippen molar-refractivity contribution in [2.24, 2.45) is 0 Å². The van der Waals surface area contributed by atoms with E-state index in [1.54, 1.807) is 7.11 Å². The van der Waals surface area contributed by atoms with Crippen molar-refractivity contribution in [3.63, 3.8) is 0 Å². The Morgan fingerprint density at radius 1 is 1.50 bits per heavy atom. The Kier molecular flexibility index (Phi) is 3.93. The summed E-state index contributed by atoms with van der Waals surface area (Å²) in [6, 6.07) is 3.59. The molecule has 0 saturated carbocycles. The quantitative estimate of drug-likeness (QED) is 0.839. The SMILES string of the molecule is CO[C@@H]1CN[C@H](C(=O)Nc2ccc(C)nc2C)C1. The number of hydrogen-bond donors (Lipinski definition) is 2. The third-order valence-electron chi connectivity index (χ3n) is 3.22. The molecule has 18 heavy (non-hydrogen) atoms. The molecule has 1 aliphatic heterocycles. The number of rotatable bonds is 3. The Bertz CT molecular complexity index is 448. The molecule has 1 saturated heterocycles. The first-order valence-corrected chi connectivity index (χ1v) is 6.11. The molecular weight excluding hydrogens is 230 g/mol. The second-order valence-corrected chi connectivity index (χ2v) is 4.63. The fourth-order valence-corrected chi connectivity index (χ4v) is 2.12. The topological polar surface area (TPSA) is 63.2 Å². The van der Waals surface area contributed by atoms with Crippen LogP contribution in [0.15, 0.2) is 12.1 Å². The van der Waals surface area contributed by atoms with Crippen LogP contribution < -0.4 is 10.6 Å². The summed E-state index contributed by atoms with van der Waals surface area (Å²) in [4.78, 5) is 16.4. The van der Waals surface area contributed by atoms with Crippen molar-refractivity contribution in [2.75, 3.05) is 19.0 Å². The smallest absolute Gasteiger partial charge is 0.241 e. The van der Waals surface area contributed by atoms with Crippen LogP contribution in [0.5, 0.6) is 0 Å². The van der Waals surface area contributed by atoms with Crippen LogP contribution in [0, 0.1) is 13.8 Å². The molecule has 1 aliphatic rings. The molecule has 1 aromatic rings. The standard InChI is InChI=1S/C13H19N3O2/c1-8-4-5-11(9(2)15-8)16-13(17)12-6-10(18-3)7-14-12/h4-5,10,12,14H,6-7H2,1-3H3,(H,16,17)/t10-,12-/m0/s1. The van der Waals surface area contributed by atoms with E-state index in [0.717, 1.165) is 23.6 Å². The lowest BCUT2D eigenvalue weighted by molar-refractivity contribution is -0.118. The summed E-state index contributed by atoms with van der Waals surface area (Å²) in [7, 11) is 1.67. The Hall–Kier alpha value is -1.46. The zero-order chi connectivity index (χ0) is 13.1. The van der Waals surface area contributed by atoms with E-state index in [-0.39, 0.29) is 18.1 Å². The number of hydrogen-bond acceptors (Lipinski definition) is 4. The molecule has 2 atom stereocenters. The van der Waals surface area contributed by atoms with Crippen molar-refractivity contribution in [3.05, 3.63) is 23.5 Å². The molecule has 5 nitrogen and oxygen atoms in total. The fourth-order valence-electron chi connectivity index (χ4n) is 2.12. The van der Waals surface area contributed by atoms with Crippen LogP contribution in [-0.2, 0) is 9.53 Å². The predicted octanol–water partition coefficient (Wildman–Crippen LogP) is 1.01. The summed E-state index contributed by atoms with van der Waals surface area (Å²) in [6.07, 6.45) is 0.832. The molecule has 0 aliphatic carbocycles. The van der Waals surface area contributed by atoms with Crippen LogP contribution in [0.25, 0.3) is 0 Å². The van der Waals surface area contributed by atoms with E-state index in [9.17, 15) is 4.79 Å². The van der Waals surface area contributed by atoms with Gasteiger partial charge in [-0.1, -0.05) is 0 Å². The number of aromatic nitrogens is 1. The Labute approximate surface area is 107 Å². The number of anilines is 1. The zero-order valence-electron chi connectivity index (χ0n) is 11.0. The minimum atomic E-state index is -0.185. The third-order valence-corrected chi connectivity index (χ3v) is 3.22. The van der Waals surface area contributed by atoms with Gasteiger partial charge in [0.25, 0.3) is 0 Å². The van der Waals surface area contributed by atoms with E-state index in [0.29, 0.717) is 6.42 Å². The first-order valence-electron chi connectivity index (χ1n) is 6.11. The van der Waals surface area contributed by atoms with Gasteiger partial charge in [-0.05, 0) is 32.4 Å². The molecule has 2 N–H and O–H groups in total. The van der Waals surface area contributed by atoms with Crippen LogP contribution >= 0.6 is 0 Å². The predicted molar refractivity (Wildman–Crippen MR) is 69.5 cm³/mol. The molecule has 5 heteroatoms. The van der Waals surface area contributed by atoms with E-state index in [1.807, 2.05) is 26.0 Å². The lowest BCUT2D eigenvalue weighted by Gasteiger charge is -2.13. The van der Waals surface area contributed by atoms with Gasteiger partial charge < -0.3 is 15.4 Å². The van der Waals surface area contributed by atoms with E-state index in [2.05, 4.69) is 15.6 Å². The van der Waals surface area contributed by atoms with E-state index in [1.165, 1.54) is 0 Å². The van der Waals surface area contributed by atoms with E-state index in [4.69, 9.17) is 4.74 Å². The Morgan fingerprint density at radius 3 is 2.89 bits per heavy atom. The molecule has 0 bridgehead atoms. The summed E-state index contributed by atoms with van der Waals surface area (Å²) in [5.41, 5.74) is 2.56. The number of ether oxygens (including phenoxy) is 1. The van der Waals surface area contributed by atoms with Crippen molar-refractivity contribution in [2.45, 2.75) is 32.4 Å². The second-order valence-electron chi connectivity index (χ2n) is 4.63. The fraction of sp³-hybridized carbons (Fsp3) is 0.538. The van der Waals surface area contributed by atoms with E-state index >= 15 is 0 Å². The highest BCUT2D eigenvalue weighted by Crippen LogP contribution is 2.15. The molecule has 0 unspecified atom stereocenters. The number of nitrogens with one attached hydrogen (secondary N) is 2.